The van der Waals surface area contributed by atoms with Crippen LogP contribution < -0.4 is 16.0 Å². The fourth-order valence-corrected chi connectivity index (χ4v) is 11.9. The smallest absolute Gasteiger partial charge is 0.336 e. The van der Waals surface area contributed by atoms with Gasteiger partial charge in [-0.2, -0.15) is 8.42 Å². The number of nitrogens with one attached hydrogen (secondary N) is 3. The van der Waals surface area contributed by atoms with E-state index in [-0.39, 0.29) is 213 Å². The highest BCUT2D eigenvalue weighted by atomic mass is 32.2. The van der Waals surface area contributed by atoms with E-state index in [1.165, 1.54) is 29.2 Å². The second-order valence-electron chi connectivity index (χ2n) is 25.8. The summed E-state index contributed by atoms with van der Waals surface area (Å²) >= 11 is 0. The van der Waals surface area contributed by atoms with Gasteiger partial charge in [0.15, 0.2) is 11.6 Å². The van der Waals surface area contributed by atoms with E-state index in [4.69, 9.17) is 14.4 Å². The van der Waals surface area contributed by atoms with E-state index in [0.717, 1.165) is 39.2 Å². The SMILES string of the molecule is C=C1CCC(=O)N1OC(=O)CCCC(=O)CNC(=O)CCC(=O)CNC(=O)CCCN1C(=O)C=CC1=O.O=C(CC(CN1C(=O)C=CC1=O)S(=O)(=O)O)ON1C(=O)CCC1=O.O=C(CCCN1C(=O)C=CC1=O)NCCOCCC(=O)ON1C(=O)CCC1=O.O=C(ON1C(=O)CCC1=O)C1CCC(CN2C(=O)C=CC2=O)CC1. The number of hydrogen-bond acceptors (Lipinski definition) is 31. The van der Waals surface area contributed by atoms with Crippen LogP contribution in [0.2, 0.25) is 0 Å². The van der Waals surface area contributed by atoms with Crippen LogP contribution in [0.25, 0.3) is 0 Å². The van der Waals surface area contributed by atoms with Gasteiger partial charge in [-0.3, -0.25) is 120 Å². The van der Waals surface area contributed by atoms with Gasteiger partial charge >= 0.3 is 23.9 Å². The van der Waals surface area contributed by atoms with Crippen LogP contribution in [0.15, 0.2) is 60.9 Å². The summed E-state index contributed by atoms with van der Waals surface area (Å²) in [4.78, 5) is 300. The van der Waals surface area contributed by atoms with Gasteiger partial charge in [0.2, 0.25) is 17.7 Å². The molecule has 610 valence electrons. The number of ketones is 2. The minimum absolute atomic E-state index is 0.0110. The van der Waals surface area contributed by atoms with Gasteiger partial charge in [-0.15, -0.1) is 20.3 Å². The Hall–Kier alpha value is -12.3. The van der Waals surface area contributed by atoms with Crippen molar-refractivity contribution >= 4 is 152 Å². The summed E-state index contributed by atoms with van der Waals surface area (Å²) in [6, 6.07) is 0. The van der Waals surface area contributed by atoms with Gasteiger partial charge in [0, 0.05) is 165 Å². The average molecular weight is 1610 g/mol. The highest BCUT2D eigenvalue weighted by Gasteiger charge is 2.41. The molecule has 1 saturated carbocycles. The molecule has 43 nitrogen and oxygen atoms in total. The highest BCUT2D eigenvalue weighted by molar-refractivity contribution is 7.86. The summed E-state index contributed by atoms with van der Waals surface area (Å²) in [6.45, 7) is 3.37. The molecule has 5 fully saturated rings. The number of ether oxygens (including phenoxy) is 1. The quantitative estimate of drug-likeness (QED) is 0.0272. The van der Waals surface area contributed by atoms with Crippen LogP contribution in [0.1, 0.15) is 148 Å². The number of carbonyl (C=O) groups excluding carboxylic acids is 24. The molecule has 4 saturated heterocycles. The Bertz CT molecular complexity index is 4000. The third-order valence-corrected chi connectivity index (χ3v) is 18.5. The minimum Gasteiger partial charge on any atom is -0.379 e. The van der Waals surface area contributed by atoms with Gasteiger partial charge < -0.3 is 40.0 Å². The molecule has 0 aromatic heterocycles. The Labute approximate surface area is 642 Å². The Kier molecular flexibility index (Phi) is 34.3. The van der Waals surface area contributed by atoms with Crippen molar-refractivity contribution in [2.45, 2.75) is 153 Å². The molecule has 9 aliphatic rings. The van der Waals surface area contributed by atoms with Crippen molar-refractivity contribution in [3.8, 4) is 0 Å². The molecule has 0 aromatic carbocycles. The maximum Gasteiger partial charge on any atom is 0.336 e. The molecule has 0 spiro atoms. The fourth-order valence-electron chi connectivity index (χ4n) is 11.2. The molecule has 4 N–H and O–H groups in total. The van der Waals surface area contributed by atoms with Crippen molar-refractivity contribution in [3.63, 3.8) is 0 Å². The molecule has 8 heterocycles. The number of nitrogens with zero attached hydrogens (tertiary/aromatic N) is 8. The van der Waals surface area contributed by atoms with Crippen LogP contribution in [-0.2, 0) is 149 Å². The van der Waals surface area contributed by atoms with E-state index in [1.807, 2.05) is 0 Å². The van der Waals surface area contributed by atoms with E-state index in [0.29, 0.717) is 65.8 Å². The number of amides is 18. The molecule has 44 heteroatoms. The monoisotopic (exact) mass is 1610 g/mol. The van der Waals surface area contributed by atoms with Crippen molar-refractivity contribution in [2.24, 2.45) is 11.8 Å². The van der Waals surface area contributed by atoms with Crippen LogP contribution in [0.4, 0.5) is 0 Å². The van der Waals surface area contributed by atoms with Gasteiger partial charge in [-0.25, -0.2) is 19.2 Å². The molecule has 9 rings (SSSR count). The zero-order valence-corrected chi connectivity index (χ0v) is 61.6. The minimum atomic E-state index is -4.82. The molecule has 8 aliphatic heterocycles. The Balaban J connectivity index is 0.000000238. The van der Waals surface area contributed by atoms with Gasteiger partial charge in [0.05, 0.1) is 50.8 Å². The summed E-state index contributed by atoms with van der Waals surface area (Å²) in [5.74, 6) is -13.1. The number of hydroxylamine groups is 8. The molecular weight excluding hydrogens is 1530 g/mol. The van der Waals surface area contributed by atoms with Gasteiger partial charge in [0.1, 0.15) is 5.25 Å². The second-order valence-corrected chi connectivity index (χ2v) is 27.5. The Morgan fingerprint density at radius 2 is 0.796 bits per heavy atom. The summed E-state index contributed by atoms with van der Waals surface area (Å²) in [5.41, 5.74) is 0.404. The topological polar surface area (TPSA) is 572 Å². The van der Waals surface area contributed by atoms with Crippen LogP contribution in [0.3, 0.4) is 0 Å². The first kappa shape index (κ1) is 89.5. The lowest BCUT2D eigenvalue weighted by Crippen LogP contribution is -2.42. The predicted molar refractivity (Wildman–Crippen MR) is 368 cm³/mol. The molecule has 1 unspecified atom stereocenters. The lowest BCUT2D eigenvalue weighted by Gasteiger charge is -2.29. The normalized spacial score (nSPS) is 18.8. The zero-order chi connectivity index (χ0) is 83.2. The van der Waals surface area contributed by atoms with E-state index in [2.05, 4.69) is 32.2 Å². The Morgan fingerprint density at radius 1 is 0.416 bits per heavy atom. The molecule has 0 aromatic rings. The first-order valence-corrected chi connectivity index (χ1v) is 36.9. The second kappa shape index (κ2) is 43.3. The maximum absolute atomic E-state index is 12.1. The molecule has 1 atom stereocenters. The number of hydrogen-bond donors (Lipinski definition) is 4. The van der Waals surface area contributed by atoms with Crippen LogP contribution in [-0.4, -0.2) is 259 Å². The summed E-state index contributed by atoms with van der Waals surface area (Å²) in [5, 5.41) is 7.71. The van der Waals surface area contributed by atoms with Crippen LogP contribution in [0.5, 0.6) is 0 Å². The molecular formula is C69H81N11O32S. The summed E-state index contributed by atoms with van der Waals surface area (Å²) in [6.07, 6.45) is 11.6. The van der Waals surface area contributed by atoms with E-state index in [1.54, 1.807) is 0 Å². The number of rotatable bonds is 37. The zero-order valence-electron chi connectivity index (χ0n) is 60.8. The average Bonchev–Trinajstić information content (AvgIpc) is 1.76. The number of carbonyl (C=O) groups is 24. The summed E-state index contributed by atoms with van der Waals surface area (Å²) in [7, 11) is -4.82. The van der Waals surface area contributed by atoms with Gasteiger partial charge in [-0.1, -0.05) is 6.58 Å². The van der Waals surface area contributed by atoms with E-state index in [9.17, 15) is 128 Å². The lowest BCUT2D eigenvalue weighted by atomic mass is 9.82. The predicted octanol–water partition coefficient (Wildman–Crippen LogP) is -3.08. The maximum atomic E-state index is 12.1. The number of allylic oxidation sites excluding steroid dienone is 1. The van der Waals surface area contributed by atoms with Crippen LogP contribution >= 0.6 is 0 Å². The van der Waals surface area contributed by atoms with Crippen molar-refractivity contribution in [3.05, 3.63) is 60.9 Å². The highest BCUT2D eigenvalue weighted by Crippen LogP contribution is 2.32. The van der Waals surface area contributed by atoms with Gasteiger partial charge in [-0.05, 0) is 57.3 Å². The van der Waals surface area contributed by atoms with Crippen molar-refractivity contribution < 1.29 is 152 Å². The van der Waals surface area contributed by atoms with E-state index < -0.39 is 123 Å². The van der Waals surface area contributed by atoms with Crippen LogP contribution in [0, 0.1) is 11.8 Å². The number of imide groups is 7. The first-order valence-electron chi connectivity index (χ1n) is 35.4. The fraction of sp³-hybridized carbons (Fsp3) is 0.507. The molecule has 18 amide bonds. The Morgan fingerprint density at radius 3 is 1.25 bits per heavy atom. The molecule has 0 radical (unpaired) electrons. The van der Waals surface area contributed by atoms with Crippen molar-refractivity contribution in [1.82, 2.24) is 55.8 Å². The first-order chi connectivity index (χ1) is 53.5. The molecule has 113 heavy (non-hydrogen) atoms. The number of Topliss-reactive ketones (excluding diaryl/α,β-unsaturated/α-hetero) is 2. The van der Waals surface area contributed by atoms with Crippen molar-refractivity contribution in [1.29, 1.82) is 0 Å². The van der Waals surface area contributed by atoms with Gasteiger partial charge in [0.25, 0.3) is 98.7 Å². The van der Waals surface area contributed by atoms with Crippen molar-refractivity contribution in [2.75, 3.05) is 59.0 Å². The third-order valence-electron chi connectivity index (χ3n) is 17.4. The molecule has 0 bridgehead atoms. The summed E-state index contributed by atoms with van der Waals surface area (Å²) < 4.78 is 37.1. The standard InChI is InChI=1S/C24H30N4O9.C17H21N3O8.C16H18N2O6.C12H12N2O9S/c1-16-7-10-23(35)28(16)37-24(36)6-2-4-17(29)14-26-20(32)9-8-18(30)15-25-19(31)5-3-13-27-21(33)11-12-22(27)34;21-12(2-1-9-19-13(22)3-4-14(19)23)18-8-11-27-10-7-17(26)28-20-15(24)5-6-16(20)25;19-12-5-6-13(20)17(12)9-10-1-3-11(4-2-10)16(23)24-18-14(21)7-8-15(18)22;15-8-1-2-9(16)13(8)6-7(24(20,21)22)5-12(19)23-14-10(17)3-4-11(14)18/h11-12H,1-10,13-15H2,(H,25,31)(H,26,32);3-4H,1-2,5-11H2,(H,18,21);5-6,10-11H,1-4,7-9H2;1-2,7H,3-6H2,(H,20,21,22). The third kappa shape index (κ3) is 28.8. The molecule has 1 aliphatic carbocycles. The van der Waals surface area contributed by atoms with E-state index >= 15 is 0 Å². The lowest BCUT2D eigenvalue weighted by molar-refractivity contribution is -0.201. The largest absolute Gasteiger partial charge is 0.379 e.